The van der Waals surface area contributed by atoms with Gasteiger partial charge in [0, 0.05) is 26.0 Å². The number of carbonyl (C=O) groups excluding carboxylic acids is 2. The average molecular weight is 239 g/mol. The largest absolute Gasteiger partial charge is 0.466 e. The van der Waals surface area contributed by atoms with Crippen LogP contribution in [0.4, 0.5) is 0 Å². The monoisotopic (exact) mass is 239 g/mol. The van der Waals surface area contributed by atoms with Crippen LogP contribution in [-0.4, -0.2) is 34.6 Å². The number of ether oxygens (including phenoxy) is 1. The summed E-state index contributed by atoms with van der Waals surface area (Å²) < 4.78 is 6.45. The number of imidazole rings is 1. The van der Waals surface area contributed by atoms with Crippen LogP contribution < -0.4 is 5.32 Å². The van der Waals surface area contributed by atoms with E-state index in [1.165, 1.54) is 0 Å². The van der Waals surface area contributed by atoms with Crippen molar-refractivity contribution in [3.63, 3.8) is 0 Å². The van der Waals surface area contributed by atoms with E-state index in [0.717, 1.165) is 0 Å². The maximum atomic E-state index is 11.7. The van der Waals surface area contributed by atoms with E-state index < -0.39 is 0 Å². The van der Waals surface area contributed by atoms with Gasteiger partial charge in [0.1, 0.15) is 0 Å². The number of hydrogen-bond donors (Lipinski definition) is 1. The fraction of sp³-hybridized carbons (Fsp3) is 0.545. The number of carbonyl (C=O) groups is 2. The van der Waals surface area contributed by atoms with Crippen molar-refractivity contribution in [3.05, 3.63) is 18.2 Å². The molecule has 94 valence electrons. The van der Waals surface area contributed by atoms with Gasteiger partial charge >= 0.3 is 5.97 Å². The first-order chi connectivity index (χ1) is 8.06. The number of aromatic nitrogens is 2. The summed E-state index contributed by atoms with van der Waals surface area (Å²) in [7, 11) is 1.73. The second-order valence-corrected chi connectivity index (χ2v) is 3.72. The number of rotatable bonds is 5. The number of esters is 1. The second kappa shape index (κ2) is 6.03. The third-order valence-electron chi connectivity index (χ3n) is 2.28. The van der Waals surface area contributed by atoms with E-state index in [9.17, 15) is 9.59 Å². The van der Waals surface area contributed by atoms with Crippen LogP contribution in [0.3, 0.4) is 0 Å². The molecule has 0 aliphatic heterocycles. The summed E-state index contributed by atoms with van der Waals surface area (Å²) in [5.41, 5.74) is 0. The van der Waals surface area contributed by atoms with Gasteiger partial charge < -0.3 is 14.6 Å². The molecule has 0 saturated heterocycles. The number of amides is 1. The lowest BCUT2D eigenvalue weighted by Crippen LogP contribution is -2.33. The Kier molecular flexibility index (Phi) is 4.68. The molecule has 6 heteroatoms. The van der Waals surface area contributed by atoms with Gasteiger partial charge in [-0.25, -0.2) is 4.98 Å². The van der Waals surface area contributed by atoms with E-state index in [-0.39, 0.29) is 24.3 Å². The predicted molar refractivity (Wildman–Crippen MR) is 61.3 cm³/mol. The Morgan fingerprint density at radius 2 is 2.29 bits per heavy atom. The van der Waals surface area contributed by atoms with Crippen molar-refractivity contribution in [1.29, 1.82) is 0 Å². The Hall–Kier alpha value is -1.85. The van der Waals surface area contributed by atoms with Gasteiger partial charge in [0.15, 0.2) is 5.82 Å². The van der Waals surface area contributed by atoms with Gasteiger partial charge in [-0.2, -0.15) is 0 Å². The Bertz CT molecular complexity index is 400. The summed E-state index contributed by atoms with van der Waals surface area (Å²) >= 11 is 0. The molecule has 0 aromatic carbocycles. The van der Waals surface area contributed by atoms with Crippen molar-refractivity contribution < 1.29 is 14.3 Å². The topological polar surface area (TPSA) is 73.2 Å². The summed E-state index contributed by atoms with van der Waals surface area (Å²) in [5.74, 6) is -0.651. The number of nitrogens with one attached hydrogen (secondary N) is 1. The van der Waals surface area contributed by atoms with Gasteiger partial charge in [0.25, 0.3) is 5.91 Å². The van der Waals surface area contributed by atoms with Gasteiger partial charge in [-0.3, -0.25) is 9.59 Å². The van der Waals surface area contributed by atoms with Gasteiger partial charge in [-0.15, -0.1) is 0 Å². The lowest BCUT2D eigenvalue weighted by molar-refractivity contribution is -0.147. The Balaban J connectivity index is 2.44. The van der Waals surface area contributed by atoms with Crippen LogP contribution in [0.25, 0.3) is 0 Å². The van der Waals surface area contributed by atoms with Crippen molar-refractivity contribution in [1.82, 2.24) is 14.9 Å². The Morgan fingerprint density at radius 1 is 1.59 bits per heavy atom. The molecular formula is C11H17N3O3. The summed E-state index contributed by atoms with van der Waals surface area (Å²) in [5, 5.41) is 2.64. The highest BCUT2D eigenvalue weighted by molar-refractivity contribution is 5.91. The van der Waals surface area contributed by atoms with E-state index in [2.05, 4.69) is 10.3 Å². The smallest absolute Gasteiger partial charge is 0.310 e. The Morgan fingerprint density at radius 3 is 2.82 bits per heavy atom. The molecule has 0 bridgehead atoms. The third-order valence-corrected chi connectivity index (χ3v) is 2.28. The first-order valence-electron chi connectivity index (χ1n) is 5.48. The lowest BCUT2D eigenvalue weighted by atomic mass is 10.2. The fourth-order valence-corrected chi connectivity index (χ4v) is 1.28. The highest BCUT2D eigenvalue weighted by Gasteiger charge is 2.17. The van der Waals surface area contributed by atoms with Crippen LogP contribution >= 0.6 is 0 Å². The zero-order valence-electron chi connectivity index (χ0n) is 10.3. The summed E-state index contributed by atoms with van der Waals surface area (Å²) in [6.07, 6.45) is 3.23. The third kappa shape index (κ3) is 3.58. The van der Waals surface area contributed by atoms with Gasteiger partial charge in [0.2, 0.25) is 0 Å². The maximum Gasteiger partial charge on any atom is 0.310 e. The minimum Gasteiger partial charge on any atom is -0.466 e. The van der Waals surface area contributed by atoms with Crippen molar-refractivity contribution >= 4 is 11.9 Å². The van der Waals surface area contributed by atoms with Crippen molar-refractivity contribution in [2.45, 2.75) is 13.8 Å². The van der Waals surface area contributed by atoms with Crippen molar-refractivity contribution in [2.24, 2.45) is 13.0 Å². The second-order valence-electron chi connectivity index (χ2n) is 3.72. The van der Waals surface area contributed by atoms with Gasteiger partial charge in [-0.1, -0.05) is 6.92 Å². The summed E-state index contributed by atoms with van der Waals surface area (Å²) in [6, 6.07) is 0. The molecule has 1 aromatic rings. The number of aryl methyl sites for hydroxylation is 1. The van der Waals surface area contributed by atoms with Crippen molar-refractivity contribution in [2.75, 3.05) is 13.2 Å². The minimum absolute atomic E-state index is 0.241. The lowest BCUT2D eigenvalue weighted by Gasteiger charge is -2.11. The van der Waals surface area contributed by atoms with Crippen molar-refractivity contribution in [3.8, 4) is 0 Å². The molecule has 1 rings (SSSR count). The molecule has 0 radical (unpaired) electrons. The van der Waals surface area contributed by atoms with E-state index >= 15 is 0 Å². The van der Waals surface area contributed by atoms with Crippen LogP contribution in [0, 0.1) is 5.92 Å². The molecule has 1 atom stereocenters. The Labute approximate surface area is 100.0 Å². The highest BCUT2D eigenvalue weighted by atomic mass is 16.5. The number of nitrogens with zero attached hydrogens (tertiary/aromatic N) is 2. The highest BCUT2D eigenvalue weighted by Crippen LogP contribution is 1.98. The van der Waals surface area contributed by atoms with Crippen LogP contribution in [0.15, 0.2) is 12.4 Å². The first kappa shape index (κ1) is 13.2. The molecule has 17 heavy (non-hydrogen) atoms. The number of hydrogen-bond acceptors (Lipinski definition) is 4. The average Bonchev–Trinajstić information content (AvgIpc) is 2.72. The standard InChI is InChI=1S/C11H17N3O3/c1-4-17-11(16)8(2)7-13-10(15)9-12-5-6-14(9)3/h5-6,8H,4,7H2,1-3H3,(H,13,15)/t8-/m0/s1. The molecule has 0 spiro atoms. The molecule has 0 saturated carbocycles. The van der Waals surface area contributed by atoms with E-state index in [1.807, 2.05) is 0 Å². The van der Waals surface area contributed by atoms with Crippen LogP contribution in [-0.2, 0) is 16.6 Å². The molecule has 1 amide bonds. The summed E-state index contributed by atoms with van der Waals surface area (Å²) in [4.78, 5) is 26.9. The molecule has 0 aliphatic rings. The normalized spacial score (nSPS) is 11.9. The molecular weight excluding hydrogens is 222 g/mol. The predicted octanol–water partition coefficient (Wildman–Crippen LogP) is 0.349. The van der Waals surface area contributed by atoms with Crippen LogP contribution in [0.1, 0.15) is 24.5 Å². The fourth-order valence-electron chi connectivity index (χ4n) is 1.28. The van der Waals surface area contributed by atoms with E-state index in [1.54, 1.807) is 37.9 Å². The van der Waals surface area contributed by atoms with Gasteiger partial charge in [-0.05, 0) is 6.92 Å². The quantitative estimate of drug-likeness (QED) is 0.752. The zero-order valence-corrected chi connectivity index (χ0v) is 10.3. The minimum atomic E-state index is -0.362. The van der Waals surface area contributed by atoms with Gasteiger partial charge in [0.05, 0.1) is 12.5 Å². The van der Waals surface area contributed by atoms with E-state index in [4.69, 9.17) is 4.74 Å². The van der Waals surface area contributed by atoms with E-state index in [0.29, 0.717) is 12.4 Å². The first-order valence-corrected chi connectivity index (χ1v) is 5.48. The maximum absolute atomic E-state index is 11.7. The SMILES string of the molecule is CCOC(=O)[C@@H](C)CNC(=O)c1nccn1C. The molecule has 1 heterocycles. The molecule has 0 aliphatic carbocycles. The van der Waals surface area contributed by atoms with Crippen LogP contribution in [0.5, 0.6) is 0 Å². The molecule has 1 N–H and O–H groups in total. The molecule has 6 nitrogen and oxygen atoms in total. The molecule has 1 aromatic heterocycles. The summed E-state index contributed by atoms with van der Waals surface area (Å²) in [6.45, 7) is 4.04. The zero-order chi connectivity index (χ0) is 12.8. The molecule has 0 fully saturated rings. The van der Waals surface area contributed by atoms with Crippen LogP contribution in [0.2, 0.25) is 0 Å². The molecule has 0 unspecified atom stereocenters.